The molecule has 0 atom stereocenters. The molecule has 0 aliphatic heterocycles. The first-order valence-electron chi connectivity index (χ1n) is 4.28. The SMILES string of the molecule is CNC(=O)c1ccc(O)c(N(C)C)c1. The van der Waals surface area contributed by atoms with Crippen molar-refractivity contribution in [3.63, 3.8) is 0 Å². The normalized spacial score (nSPS) is 9.64. The van der Waals surface area contributed by atoms with E-state index >= 15 is 0 Å². The van der Waals surface area contributed by atoms with E-state index in [4.69, 9.17) is 0 Å². The second kappa shape index (κ2) is 4.00. The zero-order valence-electron chi connectivity index (χ0n) is 8.53. The van der Waals surface area contributed by atoms with Crippen LogP contribution in [0.4, 0.5) is 5.69 Å². The lowest BCUT2D eigenvalue weighted by Gasteiger charge is -2.14. The van der Waals surface area contributed by atoms with Crippen molar-refractivity contribution in [2.24, 2.45) is 0 Å². The third-order valence-corrected chi connectivity index (χ3v) is 1.95. The molecule has 0 spiro atoms. The van der Waals surface area contributed by atoms with E-state index in [1.165, 1.54) is 6.07 Å². The number of hydrogen-bond donors (Lipinski definition) is 2. The van der Waals surface area contributed by atoms with Gasteiger partial charge in [-0.2, -0.15) is 0 Å². The molecule has 0 radical (unpaired) electrons. The molecule has 1 aromatic carbocycles. The Bertz CT molecular complexity index is 348. The molecule has 14 heavy (non-hydrogen) atoms. The zero-order valence-corrected chi connectivity index (χ0v) is 8.53. The zero-order chi connectivity index (χ0) is 10.7. The molecule has 0 bridgehead atoms. The van der Waals surface area contributed by atoms with Crippen molar-refractivity contribution in [3.8, 4) is 5.75 Å². The van der Waals surface area contributed by atoms with Gasteiger partial charge in [-0.25, -0.2) is 0 Å². The molecule has 0 saturated carbocycles. The van der Waals surface area contributed by atoms with Gasteiger partial charge in [0.15, 0.2) is 0 Å². The fraction of sp³-hybridized carbons (Fsp3) is 0.300. The van der Waals surface area contributed by atoms with Crippen LogP contribution in [0.25, 0.3) is 0 Å². The molecule has 1 aromatic rings. The average Bonchev–Trinajstić information content (AvgIpc) is 2.17. The number of benzene rings is 1. The molecule has 0 fully saturated rings. The van der Waals surface area contributed by atoms with Crippen molar-refractivity contribution in [1.29, 1.82) is 0 Å². The second-order valence-electron chi connectivity index (χ2n) is 3.18. The van der Waals surface area contributed by atoms with Crippen LogP contribution < -0.4 is 10.2 Å². The van der Waals surface area contributed by atoms with Crippen LogP contribution in [-0.4, -0.2) is 32.2 Å². The van der Waals surface area contributed by atoms with Gasteiger partial charge in [0.05, 0.1) is 5.69 Å². The highest BCUT2D eigenvalue weighted by Crippen LogP contribution is 2.26. The highest BCUT2D eigenvalue weighted by molar-refractivity contribution is 5.95. The largest absolute Gasteiger partial charge is 0.506 e. The molecule has 0 unspecified atom stereocenters. The molecule has 0 saturated heterocycles. The van der Waals surface area contributed by atoms with Crippen LogP contribution >= 0.6 is 0 Å². The monoisotopic (exact) mass is 194 g/mol. The second-order valence-corrected chi connectivity index (χ2v) is 3.18. The summed E-state index contributed by atoms with van der Waals surface area (Å²) in [4.78, 5) is 13.0. The van der Waals surface area contributed by atoms with Crippen molar-refractivity contribution in [2.45, 2.75) is 0 Å². The van der Waals surface area contributed by atoms with E-state index in [0.29, 0.717) is 11.3 Å². The van der Waals surface area contributed by atoms with Crippen LogP contribution in [0, 0.1) is 0 Å². The number of nitrogens with one attached hydrogen (secondary N) is 1. The van der Waals surface area contributed by atoms with E-state index in [0.717, 1.165) is 0 Å². The Balaban J connectivity index is 3.13. The molecule has 4 nitrogen and oxygen atoms in total. The molecule has 0 aliphatic carbocycles. The van der Waals surface area contributed by atoms with Crippen LogP contribution in [-0.2, 0) is 0 Å². The van der Waals surface area contributed by atoms with Crippen molar-refractivity contribution in [3.05, 3.63) is 23.8 Å². The van der Waals surface area contributed by atoms with E-state index in [1.807, 2.05) is 14.1 Å². The highest BCUT2D eigenvalue weighted by atomic mass is 16.3. The maximum Gasteiger partial charge on any atom is 0.251 e. The van der Waals surface area contributed by atoms with Crippen LogP contribution in [0.2, 0.25) is 0 Å². The number of nitrogens with zero attached hydrogens (tertiary/aromatic N) is 1. The lowest BCUT2D eigenvalue weighted by Crippen LogP contribution is -2.18. The lowest BCUT2D eigenvalue weighted by atomic mass is 10.1. The molecule has 76 valence electrons. The van der Waals surface area contributed by atoms with Crippen molar-refractivity contribution < 1.29 is 9.90 Å². The summed E-state index contributed by atoms with van der Waals surface area (Å²) in [6, 6.07) is 4.75. The Hall–Kier alpha value is -1.71. The van der Waals surface area contributed by atoms with Gasteiger partial charge in [0.2, 0.25) is 0 Å². The summed E-state index contributed by atoms with van der Waals surface area (Å²) in [5, 5.41) is 12.0. The topological polar surface area (TPSA) is 52.6 Å². The Morgan fingerprint density at radius 2 is 2.07 bits per heavy atom. The third-order valence-electron chi connectivity index (χ3n) is 1.95. The maximum atomic E-state index is 11.3. The van der Waals surface area contributed by atoms with Crippen molar-refractivity contribution in [2.75, 3.05) is 26.0 Å². The van der Waals surface area contributed by atoms with Crippen LogP contribution in [0.5, 0.6) is 5.75 Å². The summed E-state index contributed by atoms with van der Waals surface area (Å²) >= 11 is 0. The average molecular weight is 194 g/mol. The highest BCUT2D eigenvalue weighted by Gasteiger charge is 2.08. The summed E-state index contributed by atoms with van der Waals surface area (Å²) in [6.45, 7) is 0. The lowest BCUT2D eigenvalue weighted by molar-refractivity contribution is 0.0963. The van der Waals surface area contributed by atoms with E-state index in [9.17, 15) is 9.90 Å². The number of hydrogen-bond acceptors (Lipinski definition) is 3. The number of carbonyl (C=O) groups is 1. The summed E-state index contributed by atoms with van der Waals surface area (Å²) in [5.41, 5.74) is 1.17. The molecule has 0 aromatic heterocycles. The van der Waals surface area contributed by atoms with E-state index in [2.05, 4.69) is 5.32 Å². The number of rotatable bonds is 2. The van der Waals surface area contributed by atoms with Gasteiger partial charge in [0.25, 0.3) is 5.91 Å². The minimum atomic E-state index is -0.159. The number of phenols is 1. The van der Waals surface area contributed by atoms with Gasteiger partial charge in [0, 0.05) is 26.7 Å². The molecule has 1 amide bonds. The minimum absolute atomic E-state index is 0.159. The van der Waals surface area contributed by atoms with Crippen molar-refractivity contribution in [1.82, 2.24) is 5.32 Å². The Kier molecular flexibility index (Phi) is 2.96. The standard InChI is InChI=1S/C10H14N2O2/c1-11-10(14)7-4-5-9(13)8(6-7)12(2)3/h4-6,13H,1-3H3,(H,11,14). The Morgan fingerprint density at radius 1 is 1.43 bits per heavy atom. The first kappa shape index (κ1) is 10.4. The predicted molar refractivity (Wildman–Crippen MR) is 55.8 cm³/mol. The van der Waals surface area contributed by atoms with Gasteiger partial charge in [-0.1, -0.05) is 0 Å². The van der Waals surface area contributed by atoms with Gasteiger partial charge in [-0.15, -0.1) is 0 Å². The first-order valence-corrected chi connectivity index (χ1v) is 4.28. The molecule has 0 aliphatic rings. The molecular weight excluding hydrogens is 180 g/mol. The van der Waals surface area contributed by atoms with E-state index in [1.54, 1.807) is 24.1 Å². The number of amides is 1. The van der Waals surface area contributed by atoms with Gasteiger partial charge in [-0.3, -0.25) is 4.79 Å². The van der Waals surface area contributed by atoms with E-state index in [-0.39, 0.29) is 11.7 Å². The van der Waals surface area contributed by atoms with Gasteiger partial charge >= 0.3 is 0 Å². The van der Waals surface area contributed by atoms with Crippen LogP contribution in [0.15, 0.2) is 18.2 Å². The number of aromatic hydroxyl groups is 1. The predicted octanol–water partition coefficient (Wildman–Crippen LogP) is 0.818. The summed E-state index contributed by atoms with van der Waals surface area (Å²) < 4.78 is 0. The summed E-state index contributed by atoms with van der Waals surface area (Å²) in [7, 11) is 5.19. The first-order chi connectivity index (χ1) is 6.56. The molecule has 1 rings (SSSR count). The Morgan fingerprint density at radius 3 is 2.57 bits per heavy atom. The summed E-state index contributed by atoms with van der Waals surface area (Å²) in [5.74, 6) is 0.00996. The van der Waals surface area contributed by atoms with Gasteiger partial charge in [0.1, 0.15) is 5.75 Å². The maximum absolute atomic E-state index is 11.3. The van der Waals surface area contributed by atoms with Crippen LogP contribution in [0.3, 0.4) is 0 Å². The van der Waals surface area contributed by atoms with Crippen molar-refractivity contribution >= 4 is 11.6 Å². The van der Waals surface area contributed by atoms with Gasteiger partial charge in [-0.05, 0) is 18.2 Å². The summed E-state index contributed by atoms with van der Waals surface area (Å²) in [6.07, 6.45) is 0. The van der Waals surface area contributed by atoms with Crippen LogP contribution in [0.1, 0.15) is 10.4 Å². The number of carbonyl (C=O) groups excluding carboxylic acids is 1. The Labute approximate surface area is 83.2 Å². The number of phenolic OH excluding ortho intramolecular Hbond substituents is 1. The molecule has 2 N–H and O–H groups in total. The molecule has 4 heteroatoms. The molecular formula is C10H14N2O2. The minimum Gasteiger partial charge on any atom is -0.506 e. The third kappa shape index (κ3) is 1.96. The number of anilines is 1. The van der Waals surface area contributed by atoms with E-state index < -0.39 is 0 Å². The smallest absolute Gasteiger partial charge is 0.251 e. The fourth-order valence-corrected chi connectivity index (χ4v) is 1.17. The fourth-order valence-electron chi connectivity index (χ4n) is 1.17. The molecule has 0 heterocycles. The quantitative estimate of drug-likeness (QED) is 0.732. The van der Waals surface area contributed by atoms with Gasteiger partial charge < -0.3 is 15.3 Å².